The molecule has 0 unspecified atom stereocenters. The predicted octanol–water partition coefficient (Wildman–Crippen LogP) is 3.70. The smallest absolute Gasteiger partial charge is 0.288 e. The first-order chi connectivity index (χ1) is 10.1. The van der Waals surface area contributed by atoms with Gasteiger partial charge in [0.2, 0.25) is 5.91 Å². The number of alkyl halides is 2. The molecule has 0 aliphatic heterocycles. The Morgan fingerprint density at radius 2 is 1.95 bits per heavy atom. The molecular formula is C15H20F2N2OS. The lowest BCUT2D eigenvalue weighted by molar-refractivity contribution is -0.121. The first-order valence-electron chi connectivity index (χ1n) is 7.15. The Labute approximate surface area is 127 Å². The van der Waals surface area contributed by atoms with Gasteiger partial charge in [-0.3, -0.25) is 4.79 Å². The zero-order valence-electron chi connectivity index (χ0n) is 11.7. The maximum atomic E-state index is 12.5. The van der Waals surface area contributed by atoms with Gasteiger partial charge in [-0.05, 0) is 50.3 Å². The molecular weight excluding hydrogens is 294 g/mol. The van der Waals surface area contributed by atoms with Crippen LogP contribution in [0.1, 0.15) is 25.7 Å². The summed E-state index contributed by atoms with van der Waals surface area (Å²) in [5.41, 5.74) is 6.11. The number of hydrogen-bond donors (Lipinski definition) is 2. The minimum Gasteiger partial charge on any atom is -0.330 e. The third kappa shape index (κ3) is 4.68. The van der Waals surface area contributed by atoms with Gasteiger partial charge in [-0.15, -0.1) is 0 Å². The van der Waals surface area contributed by atoms with Crippen LogP contribution >= 0.6 is 11.8 Å². The number of thioether (sulfide) groups is 1. The van der Waals surface area contributed by atoms with Gasteiger partial charge >= 0.3 is 0 Å². The van der Waals surface area contributed by atoms with Crippen LogP contribution in [-0.2, 0) is 4.79 Å². The van der Waals surface area contributed by atoms with Crippen molar-refractivity contribution >= 4 is 23.4 Å². The van der Waals surface area contributed by atoms with Gasteiger partial charge in [0.15, 0.2) is 0 Å². The lowest BCUT2D eigenvalue weighted by atomic mass is 9.81. The number of halogens is 2. The highest BCUT2D eigenvalue weighted by atomic mass is 32.2. The molecule has 1 aliphatic rings. The molecule has 1 aromatic carbocycles. The number of para-hydroxylation sites is 1. The summed E-state index contributed by atoms with van der Waals surface area (Å²) in [6, 6.07) is 6.68. The fraction of sp³-hybridized carbons (Fsp3) is 0.533. The number of anilines is 1. The Hall–Kier alpha value is -1.14. The summed E-state index contributed by atoms with van der Waals surface area (Å²) in [7, 11) is 0. The molecule has 6 heteroatoms. The Balaban J connectivity index is 1.97. The molecule has 0 bridgehead atoms. The summed E-state index contributed by atoms with van der Waals surface area (Å²) in [6.45, 7) is 0.669. The van der Waals surface area contributed by atoms with E-state index in [-0.39, 0.29) is 11.8 Å². The quantitative estimate of drug-likeness (QED) is 0.815. The topological polar surface area (TPSA) is 55.1 Å². The van der Waals surface area contributed by atoms with E-state index in [0.29, 0.717) is 34.8 Å². The van der Waals surface area contributed by atoms with Gasteiger partial charge in [0.25, 0.3) is 5.76 Å². The normalized spacial score (nSPS) is 22.3. The monoisotopic (exact) mass is 314 g/mol. The molecule has 2 rings (SSSR count). The van der Waals surface area contributed by atoms with Crippen molar-refractivity contribution in [3.05, 3.63) is 24.3 Å². The second-order valence-electron chi connectivity index (χ2n) is 5.32. The van der Waals surface area contributed by atoms with Gasteiger partial charge in [0.05, 0.1) is 5.69 Å². The Bertz CT molecular complexity index is 476. The van der Waals surface area contributed by atoms with Gasteiger partial charge in [-0.25, -0.2) is 0 Å². The average molecular weight is 314 g/mol. The lowest BCUT2D eigenvalue weighted by Gasteiger charge is -2.27. The highest BCUT2D eigenvalue weighted by Crippen LogP contribution is 2.33. The molecule has 0 saturated heterocycles. The van der Waals surface area contributed by atoms with Crippen molar-refractivity contribution in [2.24, 2.45) is 17.6 Å². The van der Waals surface area contributed by atoms with E-state index in [1.165, 1.54) is 0 Å². The third-order valence-corrected chi connectivity index (χ3v) is 4.70. The molecule has 3 nitrogen and oxygen atoms in total. The number of carbonyl (C=O) groups excluding carboxylic acids is 1. The molecule has 0 heterocycles. The minimum atomic E-state index is -2.50. The summed E-state index contributed by atoms with van der Waals surface area (Å²) in [6.07, 6.45) is 3.56. The van der Waals surface area contributed by atoms with Crippen LogP contribution in [0.3, 0.4) is 0 Å². The van der Waals surface area contributed by atoms with E-state index in [1.807, 2.05) is 0 Å². The van der Waals surface area contributed by atoms with Crippen molar-refractivity contribution in [3.8, 4) is 0 Å². The fourth-order valence-corrected chi connectivity index (χ4v) is 3.26. The molecule has 0 spiro atoms. The number of nitrogens with two attached hydrogens (primary N) is 1. The van der Waals surface area contributed by atoms with Gasteiger partial charge < -0.3 is 11.1 Å². The molecule has 0 atom stereocenters. The largest absolute Gasteiger partial charge is 0.330 e. The van der Waals surface area contributed by atoms with Crippen LogP contribution in [0.5, 0.6) is 0 Å². The molecule has 1 amide bonds. The van der Waals surface area contributed by atoms with E-state index in [9.17, 15) is 13.6 Å². The number of benzene rings is 1. The number of amides is 1. The lowest BCUT2D eigenvalue weighted by Crippen LogP contribution is -2.29. The van der Waals surface area contributed by atoms with Crippen molar-refractivity contribution in [2.45, 2.75) is 36.3 Å². The van der Waals surface area contributed by atoms with Gasteiger partial charge in [0, 0.05) is 10.8 Å². The molecule has 0 aromatic heterocycles. The molecule has 3 N–H and O–H groups in total. The van der Waals surface area contributed by atoms with Crippen molar-refractivity contribution < 1.29 is 13.6 Å². The van der Waals surface area contributed by atoms with Crippen molar-refractivity contribution in [1.29, 1.82) is 0 Å². The van der Waals surface area contributed by atoms with Crippen LogP contribution in [0.4, 0.5) is 14.5 Å². The van der Waals surface area contributed by atoms with E-state index >= 15 is 0 Å². The second kappa shape index (κ2) is 7.75. The molecule has 1 saturated carbocycles. The van der Waals surface area contributed by atoms with Crippen LogP contribution in [-0.4, -0.2) is 18.2 Å². The van der Waals surface area contributed by atoms with Gasteiger partial charge in [0.1, 0.15) is 0 Å². The average Bonchev–Trinajstić information content (AvgIpc) is 2.49. The van der Waals surface area contributed by atoms with Crippen LogP contribution in [0.15, 0.2) is 29.2 Å². The summed E-state index contributed by atoms with van der Waals surface area (Å²) in [5, 5.41) is 2.79. The zero-order chi connectivity index (χ0) is 15.2. The number of rotatable bonds is 5. The minimum absolute atomic E-state index is 0.0441. The van der Waals surface area contributed by atoms with Crippen LogP contribution in [0.25, 0.3) is 0 Å². The third-order valence-electron chi connectivity index (χ3n) is 3.91. The van der Waals surface area contributed by atoms with E-state index in [0.717, 1.165) is 25.7 Å². The van der Waals surface area contributed by atoms with E-state index in [4.69, 9.17) is 5.73 Å². The Morgan fingerprint density at radius 3 is 2.57 bits per heavy atom. The Kier molecular flexibility index (Phi) is 5.99. The second-order valence-corrected chi connectivity index (χ2v) is 6.35. The summed E-state index contributed by atoms with van der Waals surface area (Å²) >= 11 is 0.453. The first kappa shape index (κ1) is 16.2. The SMILES string of the molecule is NCC1CCC(C(=O)Nc2ccccc2SC(F)F)CC1. The predicted molar refractivity (Wildman–Crippen MR) is 81.4 cm³/mol. The van der Waals surface area contributed by atoms with Crippen LogP contribution < -0.4 is 11.1 Å². The zero-order valence-corrected chi connectivity index (χ0v) is 12.5. The van der Waals surface area contributed by atoms with Gasteiger partial charge in [-0.1, -0.05) is 23.9 Å². The number of carbonyl (C=O) groups is 1. The molecule has 21 heavy (non-hydrogen) atoms. The summed E-state index contributed by atoms with van der Waals surface area (Å²) in [4.78, 5) is 12.7. The van der Waals surface area contributed by atoms with E-state index < -0.39 is 5.76 Å². The molecule has 0 radical (unpaired) electrons. The maximum absolute atomic E-state index is 12.5. The number of hydrogen-bond acceptors (Lipinski definition) is 3. The summed E-state index contributed by atoms with van der Waals surface area (Å²) < 4.78 is 25.0. The molecule has 1 aromatic rings. The number of nitrogens with one attached hydrogen (secondary N) is 1. The van der Waals surface area contributed by atoms with Gasteiger partial charge in [-0.2, -0.15) is 8.78 Å². The molecule has 1 fully saturated rings. The van der Waals surface area contributed by atoms with Crippen molar-refractivity contribution in [1.82, 2.24) is 0 Å². The molecule has 116 valence electrons. The van der Waals surface area contributed by atoms with Crippen LogP contribution in [0, 0.1) is 11.8 Å². The summed E-state index contributed by atoms with van der Waals surface area (Å²) in [5.74, 6) is -2.11. The highest BCUT2D eigenvalue weighted by molar-refractivity contribution is 7.99. The standard InChI is InChI=1S/C15H20F2N2OS/c16-15(17)21-13-4-2-1-3-12(13)19-14(20)11-7-5-10(9-18)6-8-11/h1-4,10-11,15H,5-9,18H2,(H,19,20). The van der Waals surface area contributed by atoms with Crippen LogP contribution in [0.2, 0.25) is 0 Å². The Morgan fingerprint density at radius 1 is 1.29 bits per heavy atom. The molecule has 1 aliphatic carbocycles. The maximum Gasteiger partial charge on any atom is 0.288 e. The first-order valence-corrected chi connectivity index (χ1v) is 8.03. The fourth-order valence-electron chi connectivity index (χ4n) is 2.66. The highest BCUT2D eigenvalue weighted by Gasteiger charge is 2.26. The van der Waals surface area contributed by atoms with Crippen molar-refractivity contribution in [3.63, 3.8) is 0 Å². The van der Waals surface area contributed by atoms with Crippen molar-refractivity contribution in [2.75, 3.05) is 11.9 Å². The van der Waals surface area contributed by atoms with E-state index in [1.54, 1.807) is 24.3 Å². The van der Waals surface area contributed by atoms with E-state index in [2.05, 4.69) is 5.32 Å².